The molecule has 0 bridgehead atoms. The molecule has 0 spiro atoms. The maximum absolute atomic E-state index is 12.2. The van der Waals surface area contributed by atoms with Crippen LogP contribution in [0.15, 0.2) is 48.7 Å². The monoisotopic (exact) mass is 560 g/mol. The quantitative estimate of drug-likeness (QED) is 0.376. The van der Waals surface area contributed by atoms with E-state index in [0.29, 0.717) is 28.8 Å². The summed E-state index contributed by atoms with van der Waals surface area (Å²) in [6.45, 7) is 3.14. The average Bonchev–Trinajstić information content (AvgIpc) is 2.86. The lowest BCUT2D eigenvalue weighted by Gasteiger charge is -2.29. The first-order valence-corrected chi connectivity index (χ1v) is 11.6. The lowest BCUT2D eigenvalue weighted by Crippen LogP contribution is -2.36. The number of morpholine rings is 1. The summed E-state index contributed by atoms with van der Waals surface area (Å²) in [5.41, 5.74) is 3.03. The number of hydrogen-bond acceptors (Lipinski definition) is 8. The molecule has 2 heterocycles. The van der Waals surface area contributed by atoms with Gasteiger partial charge in [-0.3, -0.25) is 4.79 Å². The van der Waals surface area contributed by atoms with Crippen LogP contribution >= 0.6 is 22.6 Å². The number of ether oxygens (including phenoxy) is 2. The Bertz CT molecular complexity index is 1140. The van der Waals surface area contributed by atoms with Crippen molar-refractivity contribution in [3.63, 3.8) is 0 Å². The summed E-state index contributed by atoms with van der Waals surface area (Å²) < 4.78 is 11.9. The van der Waals surface area contributed by atoms with Crippen molar-refractivity contribution in [3.8, 4) is 5.75 Å². The van der Waals surface area contributed by atoms with Gasteiger partial charge >= 0.3 is 0 Å². The zero-order valence-electron chi connectivity index (χ0n) is 18.4. The summed E-state index contributed by atoms with van der Waals surface area (Å²) in [7, 11) is 3.24. The van der Waals surface area contributed by atoms with E-state index in [1.807, 2.05) is 36.4 Å². The third-order valence-corrected chi connectivity index (χ3v) is 5.99. The first kappa shape index (κ1) is 23.1. The first-order chi connectivity index (χ1) is 16.1. The van der Waals surface area contributed by atoms with E-state index in [1.54, 1.807) is 26.4 Å². The van der Waals surface area contributed by atoms with Crippen LogP contribution in [0.3, 0.4) is 0 Å². The molecule has 172 valence electrons. The van der Waals surface area contributed by atoms with Crippen LogP contribution in [-0.2, 0) is 4.74 Å². The van der Waals surface area contributed by atoms with Gasteiger partial charge in [0.05, 0.1) is 40.8 Å². The van der Waals surface area contributed by atoms with Crippen molar-refractivity contribution in [1.29, 1.82) is 0 Å². The van der Waals surface area contributed by atoms with E-state index in [1.165, 1.54) is 0 Å². The molecule has 4 rings (SSSR count). The molecule has 1 fully saturated rings. The lowest BCUT2D eigenvalue weighted by molar-refractivity contribution is 0.0964. The minimum atomic E-state index is -0.175. The van der Waals surface area contributed by atoms with Crippen LogP contribution < -0.4 is 25.6 Å². The Morgan fingerprint density at radius 2 is 1.91 bits per heavy atom. The summed E-state index contributed by atoms with van der Waals surface area (Å²) in [6, 6.07) is 13.3. The van der Waals surface area contributed by atoms with Crippen LogP contribution in [0, 0.1) is 3.57 Å². The minimum Gasteiger partial charge on any atom is -0.494 e. The second-order valence-electron chi connectivity index (χ2n) is 7.25. The van der Waals surface area contributed by atoms with Crippen LogP contribution in [0.2, 0.25) is 0 Å². The number of anilines is 5. The molecule has 1 saturated heterocycles. The number of methoxy groups -OCH3 is 1. The number of rotatable bonds is 7. The molecule has 0 unspecified atom stereocenters. The normalized spacial score (nSPS) is 13.4. The number of halogens is 1. The molecular formula is C23H25IN6O3. The molecule has 2 aromatic carbocycles. The maximum Gasteiger partial charge on any atom is 0.253 e. The Balaban J connectivity index is 1.57. The molecule has 0 aliphatic carbocycles. The van der Waals surface area contributed by atoms with Crippen LogP contribution in [0.4, 0.5) is 28.8 Å². The number of carbonyl (C=O) groups is 1. The highest BCUT2D eigenvalue weighted by Crippen LogP contribution is 2.32. The fraction of sp³-hybridized carbons (Fsp3) is 0.261. The number of benzene rings is 2. The number of carbonyl (C=O) groups excluding carboxylic acids is 1. The van der Waals surface area contributed by atoms with Gasteiger partial charge in [-0.1, -0.05) is 12.1 Å². The highest BCUT2D eigenvalue weighted by atomic mass is 127. The van der Waals surface area contributed by atoms with Gasteiger partial charge in [0.1, 0.15) is 11.6 Å². The summed E-state index contributed by atoms with van der Waals surface area (Å²) in [5.74, 6) is 1.52. The van der Waals surface area contributed by atoms with Crippen molar-refractivity contribution >= 4 is 57.3 Å². The van der Waals surface area contributed by atoms with Crippen LogP contribution in [0.5, 0.6) is 5.75 Å². The fourth-order valence-electron chi connectivity index (χ4n) is 3.49. The number of hydrogen-bond donors (Lipinski definition) is 3. The van der Waals surface area contributed by atoms with Crippen molar-refractivity contribution in [2.24, 2.45) is 0 Å². The Labute approximate surface area is 206 Å². The van der Waals surface area contributed by atoms with Gasteiger partial charge in [-0.15, -0.1) is 0 Å². The van der Waals surface area contributed by atoms with E-state index in [2.05, 4.69) is 53.4 Å². The lowest BCUT2D eigenvalue weighted by atomic mass is 10.1. The predicted molar refractivity (Wildman–Crippen MR) is 137 cm³/mol. The summed E-state index contributed by atoms with van der Waals surface area (Å²) >= 11 is 2.16. The standard InChI is InChI=1S/C23H25IN6O3/c1-25-22(31)16-5-3-4-6-18(16)27-21-17(24)14-26-23(29-21)28-19-8-7-15(13-20(19)32-2)30-9-11-33-12-10-30/h3-8,13-14H,9-12H2,1-2H3,(H,25,31)(H2,26,27,28,29). The number of nitrogens with one attached hydrogen (secondary N) is 3. The minimum absolute atomic E-state index is 0.175. The molecular weight excluding hydrogens is 535 g/mol. The molecule has 3 N–H and O–H groups in total. The summed E-state index contributed by atoms with van der Waals surface area (Å²) in [6.07, 6.45) is 1.72. The third-order valence-electron chi connectivity index (χ3n) is 5.20. The summed E-state index contributed by atoms with van der Waals surface area (Å²) in [5, 5.41) is 9.15. The van der Waals surface area contributed by atoms with Gasteiger partial charge in [-0.05, 0) is 46.9 Å². The van der Waals surface area contributed by atoms with Crippen molar-refractivity contribution in [3.05, 3.63) is 57.8 Å². The van der Waals surface area contributed by atoms with Gasteiger partial charge < -0.3 is 30.3 Å². The van der Waals surface area contributed by atoms with Gasteiger partial charge in [0.15, 0.2) is 0 Å². The molecule has 3 aromatic rings. The van der Waals surface area contributed by atoms with E-state index in [4.69, 9.17) is 9.47 Å². The highest BCUT2D eigenvalue weighted by molar-refractivity contribution is 14.1. The predicted octanol–water partition coefficient (Wildman–Crippen LogP) is 3.77. The molecule has 1 amide bonds. The molecule has 1 aliphatic rings. The number of nitrogens with zero attached hydrogens (tertiary/aromatic N) is 3. The largest absolute Gasteiger partial charge is 0.494 e. The van der Waals surface area contributed by atoms with Crippen LogP contribution in [-0.4, -0.2) is 56.3 Å². The van der Waals surface area contributed by atoms with Crippen LogP contribution in [0.25, 0.3) is 0 Å². The fourth-order valence-corrected chi connectivity index (χ4v) is 3.88. The smallest absolute Gasteiger partial charge is 0.253 e. The van der Waals surface area contributed by atoms with Crippen molar-refractivity contribution < 1.29 is 14.3 Å². The molecule has 33 heavy (non-hydrogen) atoms. The molecule has 0 atom stereocenters. The Morgan fingerprint density at radius 1 is 1.12 bits per heavy atom. The van der Waals surface area contributed by atoms with Gasteiger partial charge in [0, 0.05) is 38.1 Å². The highest BCUT2D eigenvalue weighted by Gasteiger charge is 2.16. The van der Waals surface area contributed by atoms with Crippen molar-refractivity contribution in [2.45, 2.75) is 0 Å². The second kappa shape index (κ2) is 10.7. The summed E-state index contributed by atoms with van der Waals surface area (Å²) in [4.78, 5) is 23.5. The van der Waals surface area contributed by atoms with Gasteiger partial charge in [0.25, 0.3) is 5.91 Å². The number of para-hydroxylation sites is 1. The molecule has 1 aromatic heterocycles. The molecule has 0 radical (unpaired) electrons. The van der Waals surface area contributed by atoms with E-state index < -0.39 is 0 Å². The molecule has 1 aliphatic heterocycles. The third kappa shape index (κ3) is 5.45. The Kier molecular flexibility index (Phi) is 7.45. The first-order valence-electron chi connectivity index (χ1n) is 10.5. The average molecular weight is 560 g/mol. The zero-order valence-corrected chi connectivity index (χ0v) is 20.5. The van der Waals surface area contributed by atoms with Crippen LogP contribution in [0.1, 0.15) is 10.4 Å². The molecule has 9 nitrogen and oxygen atoms in total. The maximum atomic E-state index is 12.2. The van der Waals surface area contributed by atoms with E-state index in [-0.39, 0.29) is 5.91 Å². The van der Waals surface area contributed by atoms with E-state index in [0.717, 1.165) is 41.2 Å². The van der Waals surface area contributed by atoms with E-state index in [9.17, 15) is 4.79 Å². The Hall–Kier alpha value is -3.12. The van der Waals surface area contributed by atoms with Gasteiger partial charge in [-0.2, -0.15) is 4.98 Å². The topological polar surface area (TPSA) is 101 Å². The number of aromatic nitrogens is 2. The Morgan fingerprint density at radius 3 is 2.67 bits per heavy atom. The van der Waals surface area contributed by atoms with Gasteiger partial charge in [0.2, 0.25) is 5.95 Å². The zero-order chi connectivity index (χ0) is 23.2. The second-order valence-corrected chi connectivity index (χ2v) is 8.41. The molecule has 10 heteroatoms. The van der Waals surface area contributed by atoms with Crippen molar-refractivity contribution in [1.82, 2.24) is 15.3 Å². The van der Waals surface area contributed by atoms with Gasteiger partial charge in [-0.25, -0.2) is 4.98 Å². The molecule has 0 saturated carbocycles. The van der Waals surface area contributed by atoms with E-state index >= 15 is 0 Å². The SMILES string of the molecule is CNC(=O)c1ccccc1Nc1nc(Nc2ccc(N3CCOCC3)cc2OC)ncc1I. The number of amides is 1. The van der Waals surface area contributed by atoms with Crippen molar-refractivity contribution in [2.75, 3.05) is 56.0 Å².